The molecule has 3 aromatic carbocycles. The van der Waals surface area contributed by atoms with E-state index in [0.29, 0.717) is 11.7 Å². The van der Waals surface area contributed by atoms with Gasteiger partial charge < -0.3 is 19.6 Å². The van der Waals surface area contributed by atoms with E-state index in [1.165, 1.54) is 78.8 Å². The topological polar surface area (TPSA) is 35.9 Å². The highest BCUT2D eigenvalue weighted by molar-refractivity contribution is 5.60. The summed E-state index contributed by atoms with van der Waals surface area (Å²) in [4.78, 5) is 5.15. The largest absolute Gasteiger partial charge is 0.508 e. The van der Waals surface area contributed by atoms with Crippen LogP contribution in [0, 0.1) is 0 Å². The quantitative estimate of drug-likeness (QED) is 0.331. The third kappa shape index (κ3) is 6.53. The second-order valence-electron chi connectivity index (χ2n) is 11.2. The number of ether oxygens (including phenoxy) is 1. The van der Waals surface area contributed by atoms with Crippen LogP contribution in [0.3, 0.4) is 0 Å². The number of anilines is 1. The Labute approximate surface area is 229 Å². The van der Waals surface area contributed by atoms with E-state index in [1.54, 1.807) is 7.11 Å². The highest BCUT2D eigenvalue weighted by Crippen LogP contribution is 2.40. The van der Waals surface area contributed by atoms with Crippen LogP contribution < -0.4 is 9.64 Å². The summed E-state index contributed by atoms with van der Waals surface area (Å²) in [6, 6.07) is 21.8. The lowest BCUT2D eigenvalue weighted by atomic mass is 9.79. The lowest BCUT2D eigenvalue weighted by molar-refractivity contribution is 0.289. The fourth-order valence-corrected chi connectivity index (χ4v) is 6.32. The molecule has 2 aliphatic rings. The van der Waals surface area contributed by atoms with Crippen LogP contribution in [-0.4, -0.2) is 43.3 Å². The summed E-state index contributed by atoms with van der Waals surface area (Å²) in [6.45, 7) is 7.78. The fraction of sp³-hybridized carbons (Fsp3) is 0.471. The number of aryl methyl sites for hydroxylation is 1. The summed E-state index contributed by atoms with van der Waals surface area (Å²) in [6.07, 6.45) is 9.75. The first-order valence-corrected chi connectivity index (χ1v) is 14.7. The molecule has 1 aliphatic heterocycles. The molecule has 1 heterocycles. The molecule has 0 saturated carbocycles. The minimum Gasteiger partial charge on any atom is -0.508 e. The number of aromatic hydroxyl groups is 1. The maximum atomic E-state index is 9.91. The molecule has 4 heteroatoms. The minimum absolute atomic E-state index is 0.373. The number of fused-ring (bicyclic) bond motifs is 1. The monoisotopic (exact) mass is 512 g/mol. The molecule has 0 aromatic heterocycles. The zero-order valence-electron chi connectivity index (χ0n) is 23.3. The Bertz CT molecular complexity index is 1180. The Balaban J connectivity index is 1.29. The van der Waals surface area contributed by atoms with Gasteiger partial charge in [0.2, 0.25) is 0 Å². The summed E-state index contributed by atoms with van der Waals surface area (Å²) in [5.74, 6) is 1.74. The lowest BCUT2D eigenvalue weighted by Gasteiger charge is -2.32. The van der Waals surface area contributed by atoms with Crippen molar-refractivity contribution in [3.63, 3.8) is 0 Å². The molecular weight excluding hydrogens is 468 g/mol. The van der Waals surface area contributed by atoms with Crippen LogP contribution in [0.25, 0.3) is 0 Å². The van der Waals surface area contributed by atoms with Gasteiger partial charge in [0.1, 0.15) is 11.5 Å². The average Bonchev–Trinajstić information content (AvgIpc) is 3.24. The zero-order chi connectivity index (χ0) is 26.3. The van der Waals surface area contributed by atoms with Crippen molar-refractivity contribution in [1.29, 1.82) is 0 Å². The second-order valence-corrected chi connectivity index (χ2v) is 11.2. The van der Waals surface area contributed by atoms with Crippen LogP contribution in [0.5, 0.6) is 11.5 Å². The Morgan fingerprint density at radius 1 is 0.895 bits per heavy atom. The number of hydrogen-bond acceptors (Lipinski definition) is 4. The molecular formula is C34H44N2O2. The van der Waals surface area contributed by atoms with Gasteiger partial charge in [0.05, 0.1) is 7.11 Å². The number of methoxy groups -OCH3 is 1. The Hall–Kier alpha value is -2.98. The predicted octanol–water partition coefficient (Wildman–Crippen LogP) is 7.12. The van der Waals surface area contributed by atoms with Crippen LogP contribution in [0.1, 0.15) is 72.8 Å². The molecule has 0 bridgehead atoms. The van der Waals surface area contributed by atoms with E-state index in [-0.39, 0.29) is 0 Å². The first-order valence-electron chi connectivity index (χ1n) is 14.7. The summed E-state index contributed by atoms with van der Waals surface area (Å²) < 4.78 is 5.65. The van der Waals surface area contributed by atoms with E-state index in [4.69, 9.17) is 4.74 Å². The van der Waals surface area contributed by atoms with Gasteiger partial charge in [0, 0.05) is 31.4 Å². The summed E-state index contributed by atoms with van der Waals surface area (Å²) in [7, 11) is 1.75. The second kappa shape index (κ2) is 12.7. The molecule has 4 nitrogen and oxygen atoms in total. The number of rotatable bonds is 9. The predicted molar refractivity (Wildman–Crippen MR) is 158 cm³/mol. The molecule has 0 unspecified atom stereocenters. The highest BCUT2D eigenvalue weighted by atomic mass is 16.5. The van der Waals surface area contributed by atoms with Crippen molar-refractivity contribution in [1.82, 2.24) is 4.90 Å². The fourth-order valence-electron chi connectivity index (χ4n) is 6.32. The van der Waals surface area contributed by atoms with Crippen molar-refractivity contribution < 1.29 is 9.84 Å². The number of phenolic OH excluding ortho intramolecular Hbond substituents is 1. The molecule has 1 aliphatic carbocycles. The highest BCUT2D eigenvalue weighted by Gasteiger charge is 2.24. The lowest BCUT2D eigenvalue weighted by Crippen LogP contribution is -2.27. The van der Waals surface area contributed by atoms with Gasteiger partial charge in [-0.05, 0) is 110 Å². The Kier molecular flexibility index (Phi) is 8.90. The van der Waals surface area contributed by atoms with Crippen molar-refractivity contribution in [3.05, 3.63) is 88.5 Å². The molecule has 0 amide bonds. The first kappa shape index (κ1) is 26.6. The van der Waals surface area contributed by atoms with Gasteiger partial charge in [-0.25, -0.2) is 0 Å². The zero-order valence-corrected chi connectivity index (χ0v) is 23.3. The average molecular weight is 513 g/mol. The van der Waals surface area contributed by atoms with Gasteiger partial charge in [0.15, 0.2) is 0 Å². The summed E-state index contributed by atoms with van der Waals surface area (Å²) in [5, 5.41) is 9.91. The maximum Gasteiger partial charge on any atom is 0.120 e. The number of likely N-dealkylation sites (tertiary alicyclic amines) is 1. The van der Waals surface area contributed by atoms with E-state index in [9.17, 15) is 5.11 Å². The molecule has 38 heavy (non-hydrogen) atoms. The number of nitrogens with zero attached hydrogens (tertiary/aromatic N) is 2. The summed E-state index contributed by atoms with van der Waals surface area (Å²) >= 11 is 0. The number of phenols is 1. The molecule has 0 spiro atoms. The van der Waals surface area contributed by atoms with Crippen molar-refractivity contribution >= 4 is 5.69 Å². The standard InChI is InChI=1S/C34H44N2O2/c1-3-36(25-27-10-8-26(9-11-27)18-21-35-19-6-4-5-7-20-35)34-24-32(38-2)16-17-33(34)30-13-12-29-23-31(37)15-14-28(29)22-30/h8-11,14-17,23-24,30,37H,3-7,12-13,18-22,25H2,1-2H3/t30-/m1/s1. The van der Waals surface area contributed by atoms with Crippen molar-refractivity contribution in [2.45, 2.75) is 70.8 Å². The van der Waals surface area contributed by atoms with Gasteiger partial charge in [-0.15, -0.1) is 0 Å². The van der Waals surface area contributed by atoms with Crippen LogP contribution in [-0.2, 0) is 25.8 Å². The van der Waals surface area contributed by atoms with Crippen LogP contribution >= 0.6 is 0 Å². The van der Waals surface area contributed by atoms with Crippen LogP contribution in [0.15, 0.2) is 60.7 Å². The Morgan fingerprint density at radius 3 is 2.39 bits per heavy atom. The first-order chi connectivity index (χ1) is 18.6. The molecule has 1 saturated heterocycles. The van der Waals surface area contributed by atoms with E-state index < -0.39 is 0 Å². The van der Waals surface area contributed by atoms with E-state index >= 15 is 0 Å². The summed E-state index contributed by atoms with van der Waals surface area (Å²) in [5.41, 5.74) is 8.13. The molecule has 1 fully saturated rings. The van der Waals surface area contributed by atoms with E-state index in [2.05, 4.69) is 65.3 Å². The molecule has 1 N–H and O–H groups in total. The van der Waals surface area contributed by atoms with Gasteiger partial charge in [-0.1, -0.05) is 49.2 Å². The molecule has 3 aromatic rings. The molecule has 5 rings (SSSR count). The number of benzene rings is 3. The van der Waals surface area contributed by atoms with Gasteiger partial charge in [-0.2, -0.15) is 0 Å². The number of hydrogen-bond donors (Lipinski definition) is 1. The molecule has 1 atom stereocenters. The smallest absolute Gasteiger partial charge is 0.120 e. The van der Waals surface area contributed by atoms with Gasteiger partial charge >= 0.3 is 0 Å². The normalized spacial score (nSPS) is 18.0. The van der Waals surface area contributed by atoms with Gasteiger partial charge in [0.25, 0.3) is 0 Å². The van der Waals surface area contributed by atoms with Crippen molar-refractivity contribution in [2.24, 2.45) is 0 Å². The SMILES string of the molecule is CCN(Cc1ccc(CCN2CCCCCC2)cc1)c1cc(OC)ccc1[C@@H]1CCc2cc(O)ccc2C1. The Morgan fingerprint density at radius 2 is 1.66 bits per heavy atom. The third-order valence-electron chi connectivity index (χ3n) is 8.63. The third-order valence-corrected chi connectivity index (χ3v) is 8.63. The van der Waals surface area contributed by atoms with Crippen molar-refractivity contribution in [3.8, 4) is 11.5 Å². The van der Waals surface area contributed by atoms with Gasteiger partial charge in [-0.3, -0.25) is 0 Å². The van der Waals surface area contributed by atoms with Crippen LogP contribution in [0.4, 0.5) is 5.69 Å². The van der Waals surface area contributed by atoms with Crippen LogP contribution in [0.2, 0.25) is 0 Å². The molecule has 0 radical (unpaired) electrons. The van der Waals surface area contributed by atoms with E-state index in [0.717, 1.165) is 44.5 Å². The maximum absolute atomic E-state index is 9.91. The molecule has 202 valence electrons. The van der Waals surface area contributed by atoms with E-state index in [1.807, 2.05) is 12.1 Å². The van der Waals surface area contributed by atoms with Crippen molar-refractivity contribution in [2.75, 3.05) is 38.2 Å². The minimum atomic E-state index is 0.373.